The van der Waals surface area contributed by atoms with Crippen molar-refractivity contribution in [2.45, 2.75) is 32.4 Å². The van der Waals surface area contributed by atoms with Gasteiger partial charge in [-0.15, -0.1) is 0 Å². The quantitative estimate of drug-likeness (QED) is 0.776. The summed E-state index contributed by atoms with van der Waals surface area (Å²) in [5.41, 5.74) is 1.10. The molecule has 0 radical (unpaired) electrons. The third-order valence-corrected chi connectivity index (χ3v) is 4.41. The molecule has 1 fully saturated rings. The van der Waals surface area contributed by atoms with E-state index >= 15 is 0 Å². The fourth-order valence-corrected chi connectivity index (χ4v) is 2.97. The Bertz CT molecular complexity index is 503. The number of methoxy groups -OCH3 is 1. The maximum Gasteiger partial charge on any atom is 0.275 e. The molecular formula is C16H24BrN2O2+. The van der Waals surface area contributed by atoms with Crippen LogP contribution in [0.4, 0.5) is 0 Å². The average molecular weight is 356 g/mol. The van der Waals surface area contributed by atoms with Gasteiger partial charge in [-0.2, -0.15) is 0 Å². The van der Waals surface area contributed by atoms with E-state index < -0.39 is 0 Å². The highest BCUT2D eigenvalue weighted by Crippen LogP contribution is 2.32. The third kappa shape index (κ3) is 5.00. The van der Waals surface area contributed by atoms with Crippen molar-refractivity contribution >= 4 is 21.8 Å². The summed E-state index contributed by atoms with van der Waals surface area (Å²) in [5.74, 6) is 1.68. The topological polar surface area (TPSA) is 42.8 Å². The van der Waals surface area contributed by atoms with E-state index in [4.69, 9.17) is 4.74 Å². The number of amides is 1. The van der Waals surface area contributed by atoms with Gasteiger partial charge in [0, 0.05) is 16.1 Å². The van der Waals surface area contributed by atoms with E-state index in [0.717, 1.165) is 27.2 Å². The lowest BCUT2D eigenvalue weighted by atomic mass is 10.2. The minimum Gasteiger partial charge on any atom is -0.496 e. The molecule has 1 saturated carbocycles. The highest BCUT2D eigenvalue weighted by molar-refractivity contribution is 9.10. The molecule has 1 aliphatic carbocycles. The van der Waals surface area contributed by atoms with Crippen LogP contribution in [0.2, 0.25) is 0 Å². The van der Waals surface area contributed by atoms with Crippen molar-refractivity contribution in [2.75, 3.05) is 20.7 Å². The Hall–Kier alpha value is -1.07. The van der Waals surface area contributed by atoms with Crippen LogP contribution in [0, 0.1) is 5.92 Å². The number of halogens is 1. The molecule has 1 aromatic rings. The van der Waals surface area contributed by atoms with Crippen LogP contribution in [-0.4, -0.2) is 32.7 Å². The van der Waals surface area contributed by atoms with E-state index in [1.165, 1.54) is 12.8 Å². The number of rotatable bonds is 7. The predicted molar refractivity (Wildman–Crippen MR) is 86.5 cm³/mol. The molecule has 4 nitrogen and oxygen atoms in total. The maximum absolute atomic E-state index is 12.0. The molecule has 1 aromatic carbocycles. The molecule has 1 amide bonds. The van der Waals surface area contributed by atoms with Crippen LogP contribution in [0.25, 0.3) is 0 Å². The molecule has 21 heavy (non-hydrogen) atoms. The van der Waals surface area contributed by atoms with Crippen molar-refractivity contribution in [1.82, 2.24) is 5.32 Å². The van der Waals surface area contributed by atoms with Gasteiger partial charge >= 0.3 is 0 Å². The van der Waals surface area contributed by atoms with Crippen LogP contribution in [0.5, 0.6) is 5.75 Å². The highest BCUT2D eigenvalue weighted by atomic mass is 79.9. The lowest BCUT2D eigenvalue weighted by Crippen LogP contribution is -3.09. The minimum atomic E-state index is 0.126. The number of carbonyl (C=O) groups excluding carboxylic acids is 1. The third-order valence-electron chi connectivity index (χ3n) is 3.91. The zero-order chi connectivity index (χ0) is 15.4. The van der Waals surface area contributed by atoms with Crippen molar-refractivity contribution in [2.24, 2.45) is 5.92 Å². The summed E-state index contributed by atoms with van der Waals surface area (Å²) in [6.45, 7) is 3.34. The van der Waals surface area contributed by atoms with E-state index in [1.807, 2.05) is 25.2 Å². The average Bonchev–Trinajstić information content (AvgIpc) is 3.22. The van der Waals surface area contributed by atoms with Gasteiger partial charge in [0.15, 0.2) is 6.54 Å². The van der Waals surface area contributed by atoms with Gasteiger partial charge in [-0.05, 0) is 43.9 Å². The number of benzene rings is 1. The van der Waals surface area contributed by atoms with E-state index in [-0.39, 0.29) is 5.91 Å². The first kappa shape index (κ1) is 16.3. The minimum absolute atomic E-state index is 0.126. The zero-order valence-electron chi connectivity index (χ0n) is 12.9. The van der Waals surface area contributed by atoms with Crippen molar-refractivity contribution in [3.63, 3.8) is 0 Å². The van der Waals surface area contributed by atoms with Gasteiger partial charge in [0.2, 0.25) is 0 Å². The van der Waals surface area contributed by atoms with Crippen LogP contribution in [0.1, 0.15) is 25.3 Å². The van der Waals surface area contributed by atoms with Crippen LogP contribution in [-0.2, 0) is 11.3 Å². The molecule has 0 aromatic heterocycles. The van der Waals surface area contributed by atoms with Crippen LogP contribution in [0.15, 0.2) is 22.7 Å². The molecule has 1 aliphatic rings. The number of carbonyl (C=O) groups is 1. The lowest BCUT2D eigenvalue weighted by molar-refractivity contribution is -0.885. The van der Waals surface area contributed by atoms with E-state index in [2.05, 4.69) is 28.2 Å². The number of nitrogens with one attached hydrogen (secondary N) is 2. The van der Waals surface area contributed by atoms with Crippen molar-refractivity contribution in [1.29, 1.82) is 0 Å². The second kappa shape index (κ2) is 7.27. The normalized spacial score (nSPS) is 17.1. The Morgan fingerprint density at radius 2 is 2.24 bits per heavy atom. The highest BCUT2D eigenvalue weighted by Gasteiger charge is 2.29. The Kier molecular flexibility index (Phi) is 5.65. The van der Waals surface area contributed by atoms with Gasteiger partial charge < -0.3 is 15.0 Å². The van der Waals surface area contributed by atoms with Gasteiger partial charge in [0.1, 0.15) is 12.3 Å². The number of likely N-dealkylation sites (N-methyl/N-ethyl adjacent to an activating group) is 1. The smallest absolute Gasteiger partial charge is 0.275 e. The summed E-state index contributed by atoms with van der Waals surface area (Å²) in [6, 6.07) is 6.27. The zero-order valence-corrected chi connectivity index (χ0v) is 14.5. The molecular weight excluding hydrogens is 332 g/mol. The van der Waals surface area contributed by atoms with E-state index in [9.17, 15) is 4.79 Å². The molecule has 0 aliphatic heterocycles. The molecule has 2 N–H and O–H groups in total. The largest absolute Gasteiger partial charge is 0.496 e. The second-order valence-corrected chi connectivity index (χ2v) is 6.88. The number of quaternary nitrogens is 1. The van der Waals surface area contributed by atoms with Crippen LogP contribution in [0.3, 0.4) is 0 Å². The first-order chi connectivity index (χ1) is 9.99. The summed E-state index contributed by atoms with van der Waals surface area (Å²) < 4.78 is 6.40. The first-order valence-electron chi connectivity index (χ1n) is 7.42. The van der Waals surface area contributed by atoms with Gasteiger partial charge in [0.25, 0.3) is 5.91 Å². The molecule has 1 unspecified atom stereocenters. The Morgan fingerprint density at radius 3 is 2.86 bits per heavy atom. The summed E-state index contributed by atoms with van der Waals surface area (Å²) in [5, 5.41) is 3.10. The van der Waals surface area contributed by atoms with Gasteiger partial charge in [-0.3, -0.25) is 4.79 Å². The van der Waals surface area contributed by atoms with E-state index in [0.29, 0.717) is 18.5 Å². The summed E-state index contributed by atoms with van der Waals surface area (Å²) in [4.78, 5) is 13.2. The van der Waals surface area contributed by atoms with E-state index in [1.54, 1.807) is 7.11 Å². The SMILES string of the molecule is COc1ccc(Br)cc1C[NH+](C)CC(=O)N[C@@H](C)C1CC1. The summed E-state index contributed by atoms with van der Waals surface area (Å²) >= 11 is 3.48. The summed E-state index contributed by atoms with van der Waals surface area (Å²) in [7, 11) is 3.70. The molecule has 0 saturated heterocycles. The monoisotopic (exact) mass is 355 g/mol. The molecule has 2 rings (SSSR count). The van der Waals surface area contributed by atoms with Crippen LogP contribution >= 0.6 is 15.9 Å². The molecule has 0 bridgehead atoms. The molecule has 2 atom stereocenters. The van der Waals surface area contributed by atoms with Crippen LogP contribution < -0.4 is 15.0 Å². The molecule has 5 heteroatoms. The Morgan fingerprint density at radius 1 is 1.52 bits per heavy atom. The standard InChI is InChI=1S/C16H23BrN2O2/c1-11(12-4-5-12)18-16(20)10-19(2)9-13-8-14(17)6-7-15(13)21-3/h6-8,11-12H,4-5,9-10H2,1-3H3,(H,18,20)/p+1/t11-/m0/s1. The molecule has 0 spiro atoms. The van der Waals surface area contributed by atoms with Gasteiger partial charge in [0.05, 0.1) is 14.2 Å². The van der Waals surface area contributed by atoms with Gasteiger partial charge in [-0.1, -0.05) is 15.9 Å². The first-order valence-corrected chi connectivity index (χ1v) is 8.22. The number of hydrogen-bond donors (Lipinski definition) is 2. The number of hydrogen-bond acceptors (Lipinski definition) is 2. The maximum atomic E-state index is 12.0. The fraction of sp³-hybridized carbons (Fsp3) is 0.562. The van der Waals surface area contributed by atoms with Gasteiger partial charge in [-0.25, -0.2) is 0 Å². The molecule has 116 valence electrons. The van der Waals surface area contributed by atoms with Crippen molar-refractivity contribution in [3.8, 4) is 5.75 Å². The fourth-order valence-electron chi connectivity index (χ4n) is 2.57. The van der Waals surface area contributed by atoms with Crippen molar-refractivity contribution < 1.29 is 14.4 Å². The molecule has 0 heterocycles. The summed E-state index contributed by atoms with van der Waals surface area (Å²) in [6.07, 6.45) is 2.50. The van der Waals surface area contributed by atoms with Crippen molar-refractivity contribution in [3.05, 3.63) is 28.2 Å². The second-order valence-electron chi connectivity index (χ2n) is 5.96. The Labute approximate surface area is 135 Å². The Balaban J connectivity index is 1.87. The predicted octanol–water partition coefficient (Wildman–Crippen LogP) is 1.39. The lowest BCUT2D eigenvalue weighted by Gasteiger charge is -2.18. The number of ether oxygens (including phenoxy) is 1.